The van der Waals surface area contributed by atoms with Gasteiger partial charge >= 0.3 is 0 Å². The standard InChI is InChI=1S/C17H15N5/c1-18-17-19-11-10-14(21-17)8-9-15-16(20-12-22(15)2)13-6-4-3-5-7-13/h3-7,10-12H,1-2H3,(H,18,19,21). The Morgan fingerprint density at radius 1 is 1.05 bits per heavy atom. The molecular formula is C17H15N5. The number of hydrogen-bond acceptors (Lipinski definition) is 4. The SMILES string of the molecule is CNc1nccc(C#Cc2c(-c3ccccc3)ncn2C)n1. The quantitative estimate of drug-likeness (QED) is 0.736. The maximum atomic E-state index is 4.45. The van der Waals surface area contributed by atoms with Crippen LogP contribution < -0.4 is 5.32 Å². The second-order valence-corrected chi connectivity index (χ2v) is 4.68. The summed E-state index contributed by atoms with van der Waals surface area (Å²) in [4.78, 5) is 12.8. The van der Waals surface area contributed by atoms with Crippen LogP contribution in [0.2, 0.25) is 0 Å². The minimum atomic E-state index is 0.556. The number of rotatable bonds is 2. The van der Waals surface area contributed by atoms with Gasteiger partial charge in [0.25, 0.3) is 0 Å². The van der Waals surface area contributed by atoms with E-state index in [0.717, 1.165) is 17.0 Å². The summed E-state index contributed by atoms with van der Waals surface area (Å²) < 4.78 is 1.91. The molecule has 0 saturated heterocycles. The van der Waals surface area contributed by atoms with Crippen LogP contribution in [0.25, 0.3) is 11.3 Å². The Labute approximate surface area is 129 Å². The predicted octanol–water partition coefficient (Wildman–Crippen LogP) is 2.32. The number of aromatic nitrogens is 4. The van der Waals surface area contributed by atoms with E-state index in [1.807, 2.05) is 41.9 Å². The van der Waals surface area contributed by atoms with Crippen molar-refractivity contribution in [3.05, 3.63) is 60.3 Å². The van der Waals surface area contributed by atoms with Gasteiger partial charge in [-0.15, -0.1) is 0 Å². The Morgan fingerprint density at radius 3 is 2.64 bits per heavy atom. The molecule has 0 amide bonds. The van der Waals surface area contributed by atoms with Gasteiger partial charge in [0.1, 0.15) is 17.1 Å². The van der Waals surface area contributed by atoms with Gasteiger partial charge < -0.3 is 9.88 Å². The van der Waals surface area contributed by atoms with Gasteiger partial charge in [-0.25, -0.2) is 15.0 Å². The first-order valence-electron chi connectivity index (χ1n) is 6.87. The first kappa shape index (κ1) is 13.8. The van der Waals surface area contributed by atoms with Crippen molar-refractivity contribution in [2.75, 3.05) is 12.4 Å². The van der Waals surface area contributed by atoms with Crippen LogP contribution in [0.3, 0.4) is 0 Å². The first-order chi connectivity index (χ1) is 10.8. The number of nitrogens with one attached hydrogen (secondary N) is 1. The third-order valence-electron chi connectivity index (χ3n) is 3.17. The number of nitrogens with zero attached hydrogens (tertiary/aromatic N) is 4. The highest BCUT2D eigenvalue weighted by atomic mass is 15.1. The minimum absolute atomic E-state index is 0.556. The summed E-state index contributed by atoms with van der Waals surface area (Å²) >= 11 is 0. The Hall–Kier alpha value is -3.13. The highest BCUT2D eigenvalue weighted by molar-refractivity contribution is 5.66. The van der Waals surface area contributed by atoms with Gasteiger partial charge in [-0.1, -0.05) is 30.3 Å². The zero-order chi connectivity index (χ0) is 15.4. The molecule has 0 aliphatic heterocycles. The average molecular weight is 289 g/mol. The monoisotopic (exact) mass is 289 g/mol. The molecule has 1 aromatic carbocycles. The van der Waals surface area contributed by atoms with E-state index in [-0.39, 0.29) is 0 Å². The molecular weight excluding hydrogens is 274 g/mol. The van der Waals surface area contributed by atoms with E-state index in [0.29, 0.717) is 11.6 Å². The normalized spacial score (nSPS) is 9.91. The van der Waals surface area contributed by atoms with Crippen molar-refractivity contribution in [2.24, 2.45) is 7.05 Å². The third-order valence-corrected chi connectivity index (χ3v) is 3.17. The summed E-state index contributed by atoms with van der Waals surface area (Å²) in [5, 5.41) is 2.90. The molecule has 0 radical (unpaired) electrons. The molecule has 22 heavy (non-hydrogen) atoms. The van der Waals surface area contributed by atoms with Gasteiger partial charge in [-0.3, -0.25) is 0 Å². The molecule has 0 bridgehead atoms. The van der Waals surface area contributed by atoms with Crippen molar-refractivity contribution in [1.82, 2.24) is 19.5 Å². The Morgan fingerprint density at radius 2 is 1.86 bits per heavy atom. The van der Waals surface area contributed by atoms with Crippen molar-refractivity contribution < 1.29 is 0 Å². The molecule has 108 valence electrons. The van der Waals surface area contributed by atoms with E-state index >= 15 is 0 Å². The number of benzene rings is 1. The molecule has 3 aromatic rings. The van der Waals surface area contributed by atoms with Gasteiger partial charge in [-0.2, -0.15) is 0 Å². The molecule has 3 rings (SSSR count). The van der Waals surface area contributed by atoms with E-state index in [9.17, 15) is 0 Å². The van der Waals surface area contributed by atoms with Gasteiger partial charge in [0.05, 0.1) is 6.33 Å². The molecule has 0 fully saturated rings. The smallest absolute Gasteiger partial charge is 0.223 e. The fourth-order valence-corrected chi connectivity index (χ4v) is 2.06. The molecule has 0 atom stereocenters. The largest absolute Gasteiger partial charge is 0.357 e. The van der Waals surface area contributed by atoms with Crippen LogP contribution in [0.5, 0.6) is 0 Å². The molecule has 0 spiro atoms. The van der Waals surface area contributed by atoms with Crippen LogP contribution >= 0.6 is 0 Å². The fourth-order valence-electron chi connectivity index (χ4n) is 2.06. The first-order valence-corrected chi connectivity index (χ1v) is 6.87. The zero-order valence-electron chi connectivity index (χ0n) is 12.4. The van der Waals surface area contributed by atoms with E-state index in [2.05, 4.69) is 32.1 Å². The Kier molecular flexibility index (Phi) is 3.84. The zero-order valence-corrected chi connectivity index (χ0v) is 12.4. The van der Waals surface area contributed by atoms with Crippen molar-refractivity contribution in [3.8, 4) is 23.1 Å². The minimum Gasteiger partial charge on any atom is -0.357 e. The lowest BCUT2D eigenvalue weighted by Crippen LogP contribution is -1.97. The van der Waals surface area contributed by atoms with Gasteiger partial charge in [0.2, 0.25) is 5.95 Å². The maximum absolute atomic E-state index is 4.45. The second kappa shape index (κ2) is 6.10. The van der Waals surface area contributed by atoms with Crippen LogP contribution in [0.15, 0.2) is 48.9 Å². The fraction of sp³-hybridized carbons (Fsp3) is 0.118. The van der Waals surface area contributed by atoms with Gasteiger partial charge in [-0.05, 0) is 17.9 Å². The molecule has 0 aliphatic rings. The highest BCUT2D eigenvalue weighted by Crippen LogP contribution is 2.20. The van der Waals surface area contributed by atoms with Crippen molar-refractivity contribution in [3.63, 3.8) is 0 Å². The molecule has 0 unspecified atom stereocenters. The lowest BCUT2D eigenvalue weighted by molar-refractivity contribution is 0.899. The highest BCUT2D eigenvalue weighted by Gasteiger charge is 2.08. The molecule has 0 aliphatic carbocycles. The summed E-state index contributed by atoms with van der Waals surface area (Å²) in [5.74, 6) is 6.79. The van der Waals surface area contributed by atoms with E-state index in [1.54, 1.807) is 25.6 Å². The Bertz CT molecular complexity index is 840. The van der Waals surface area contributed by atoms with Crippen molar-refractivity contribution in [1.29, 1.82) is 0 Å². The molecule has 2 heterocycles. The molecule has 2 aromatic heterocycles. The summed E-state index contributed by atoms with van der Waals surface area (Å²) in [5.41, 5.74) is 3.44. The summed E-state index contributed by atoms with van der Waals surface area (Å²) in [6.07, 6.45) is 3.45. The van der Waals surface area contributed by atoms with E-state index < -0.39 is 0 Å². The number of anilines is 1. The topological polar surface area (TPSA) is 55.6 Å². The van der Waals surface area contributed by atoms with Crippen LogP contribution in [-0.4, -0.2) is 26.6 Å². The maximum Gasteiger partial charge on any atom is 0.223 e. The lowest BCUT2D eigenvalue weighted by Gasteiger charge is -1.99. The van der Waals surface area contributed by atoms with E-state index in [1.165, 1.54) is 0 Å². The van der Waals surface area contributed by atoms with Crippen LogP contribution in [-0.2, 0) is 7.05 Å². The summed E-state index contributed by atoms with van der Waals surface area (Å²) in [7, 11) is 3.71. The molecule has 1 N–H and O–H groups in total. The van der Waals surface area contributed by atoms with Crippen molar-refractivity contribution in [2.45, 2.75) is 0 Å². The number of aryl methyl sites for hydroxylation is 1. The summed E-state index contributed by atoms with van der Waals surface area (Å²) in [6.45, 7) is 0. The number of hydrogen-bond donors (Lipinski definition) is 1. The van der Waals surface area contributed by atoms with Crippen LogP contribution in [0.4, 0.5) is 5.95 Å². The molecule has 5 nitrogen and oxygen atoms in total. The lowest BCUT2D eigenvalue weighted by atomic mass is 10.1. The number of imidazole rings is 1. The third kappa shape index (κ3) is 2.81. The average Bonchev–Trinajstić information content (AvgIpc) is 2.95. The molecule has 0 saturated carbocycles. The van der Waals surface area contributed by atoms with Crippen LogP contribution in [0.1, 0.15) is 11.4 Å². The van der Waals surface area contributed by atoms with Crippen LogP contribution in [0, 0.1) is 11.8 Å². The van der Waals surface area contributed by atoms with Crippen molar-refractivity contribution >= 4 is 5.95 Å². The molecule has 5 heteroatoms. The predicted molar refractivity (Wildman–Crippen MR) is 86.2 cm³/mol. The van der Waals surface area contributed by atoms with Gasteiger partial charge in [0, 0.05) is 25.9 Å². The summed E-state index contributed by atoms with van der Waals surface area (Å²) in [6, 6.07) is 11.8. The van der Waals surface area contributed by atoms with Gasteiger partial charge in [0.15, 0.2) is 0 Å². The second-order valence-electron chi connectivity index (χ2n) is 4.68. The van der Waals surface area contributed by atoms with E-state index in [4.69, 9.17) is 0 Å². The Balaban J connectivity index is 2.00.